The van der Waals surface area contributed by atoms with Gasteiger partial charge < -0.3 is 9.47 Å². The van der Waals surface area contributed by atoms with Crippen LogP contribution in [-0.4, -0.2) is 34.5 Å². The Balaban J connectivity index is 2.50. The molecule has 1 aromatic carbocycles. The fraction of sp³-hybridized carbons (Fsp3) is 0.353. The Labute approximate surface area is 135 Å². The van der Waals surface area contributed by atoms with Crippen LogP contribution in [0, 0.1) is 6.92 Å². The summed E-state index contributed by atoms with van der Waals surface area (Å²) in [6.07, 6.45) is 0. The van der Waals surface area contributed by atoms with E-state index in [1.807, 2.05) is 13.0 Å². The van der Waals surface area contributed by atoms with Gasteiger partial charge in [0.2, 0.25) is 5.78 Å². The van der Waals surface area contributed by atoms with Crippen molar-refractivity contribution < 1.29 is 19.1 Å². The minimum absolute atomic E-state index is 0.0897. The van der Waals surface area contributed by atoms with Gasteiger partial charge in [-0.2, -0.15) is 0 Å². The molecule has 23 heavy (non-hydrogen) atoms. The van der Waals surface area contributed by atoms with E-state index in [0.717, 1.165) is 0 Å². The molecule has 1 aromatic heterocycles. The van der Waals surface area contributed by atoms with Gasteiger partial charge in [0.25, 0.3) is 0 Å². The van der Waals surface area contributed by atoms with E-state index in [1.54, 1.807) is 42.7 Å². The van der Waals surface area contributed by atoms with Gasteiger partial charge in [-0.3, -0.25) is 9.36 Å². The molecule has 0 fully saturated rings. The standard InChI is InChI=1S/C17H20N2O4/c1-4-22-11-19-12(3)18-14(15(19)17(21)23-5-2)16(20)13-9-7-6-8-10-13/h6-10H,4-5,11H2,1-3H3. The number of aromatic nitrogens is 2. The minimum Gasteiger partial charge on any atom is -0.461 e. The van der Waals surface area contributed by atoms with Gasteiger partial charge in [-0.1, -0.05) is 30.3 Å². The second kappa shape index (κ2) is 7.69. The molecule has 0 aliphatic carbocycles. The van der Waals surface area contributed by atoms with Crippen molar-refractivity contribution in [1.29, 1.82) is 0 Å². The number of ether oxygens (including phenoxy) is 2. The molecule has 0 aliphatic rings. The Bertz CT molecular complexity index is 692. The van der Waals surface area contributed by atoms with Gasteiger partial charge in [-0.25, -0.2) is 9.78 Å². The van der Waals surface area contributed by atoms with Gasteiger partial charge in [0.05, 0.1) is 6.61 Å². The molecule has 0 N–H and O–H groups in total. The third-order valence-corrected chi connectivity index (χ3v) is 3.30. The van der Waals surface area contributed by atoms with Crippen molar-refractivity contribution in [2.45, 2.75) is 27.5 Å². The van der Waals surface area contributed by atoms with Gasteiger partial charge in [0, 0.05) is 12.2 Å². The second-order valence-corrected chi connectivity index (χ2v) is 4.82. The topological polar surface area (TPSA) is 70.4 Å². The molecule has 1 heterocycles. The third-order valence-electron chi connectivity index (χ3n) is 3.30. The molecule has 0 bridgehead atoms. The first-order valence-corrected chi connectivity index (χ1v) is 7.51. The summed E-state index contributed by atoms with van der Waals surface area (Å²) in [6, 6.07) is 8.73. The Morgan fingerprint density at radius 2 is 1.83 bits per heavy atom. The van der Waals surface area contributed by atoms with Gasteiger partial charge in [0.1, 0.15) is 18.2 Å². The maximum atomic E-state index is 12.7. The van der Waals surface area contributed by atoms with Crippen LogP contribution < -0.4 is 0 Å². The van der Waals surface area contributed by atoms with Crippen molar-refractivity contribution in [3.05, 3.63) is 53.1 Å². The Kier molecular flexibility index (Phi) is 5.65. The largest absolute Gasteiger partial charge is 0.461 e. The van der Waals surface area contributed by atoms with Crippen LogP contribution in [0.5, 0.6) is 0 Å². The molecule has 0 spiro atoms. The normalized spacial score (nSPS) is 10.6. The first kappa shape index (κ1) is 16.9. The molecule has 0 atom stereocenters. The van der Waals surface area contributed by atoms with E-state index in [9.17, 15) is 9.59 Å². The Morgan fingerprint density at radius 3 is 2.43 bits per heavy atom. The molecule has 0 aliphatic heterocycles. The van der Waals surface area contributed by atoms with E-state index in [1.165, 1.54) is 0 Å². The van der Waals surface area contributed by atoms with Crippen LogP contribution in [0.1, 0.15) is 46.2 Å². The highest BCUT2D eigenvalue weighted by Gasteiger charge is 2.27. The molecule has 2 aromatic rings. The van der Waals surface area contributed by atoms with Crippen molar-refractivity contribution in [3.63, 3.8) is 0 Å². The number of benzene rings is 1. The zero-order valence-corrected chi connectivity index (χ0v) is 13.5. The summed E-state index contributed by atoms with van der Waals surface area (Å²) >= 11 is 0. The quantitative estimate of drug-likeness (QED) is 0.580. The number of rotatable bonds is 7. The van der Waals surface area contributed by atoms with E-state index in [4.69, 9.17) is 9.47 Å². The van der Waals surface area contributed by atoms with Crippen LogP contribution in [0.3, 0.4) is 0 Å². The molecule has 122 valence electrons. The van der Waals surface area contributed by atoms with E-state index in [0.29, 0.717) is 18.0 Å². The zero-order valence-electron chi connectivity index (χ0n) is 13.5. The van der Waals surface area contributed by atoms with E-state index < -0.39 is 5.97 Å². The fourth-order valence-corrected chi connectivity index (χ4v) is 2.20. The third kappa shape index (κ3) is 3.65. The van der Waals surface area contributed by atoms with Crippen molar-refractivity contribution in [2.75, 3.05) is 13.2 Å². The van der Waals surface area contributed by atoms with Crippen LogP contribution >= 0.6 is 0 Å². The zero-order chi connectivity index (χ0) is 16.8. The Morgan fingerprint density at radius 1 is 1.13 bits per heavy atom. The molecule has 6 nitrogen and oxygen atoms in total. The predicted molar refractivity (Wildman–Crippen MR) is 84.4 cm³/mol. The summed E-state index contributed by atoms with van der Waals surface area (Å²) in [6.45, 7) is 6.15. The highest BCUT2D eigenvalue weighted by molar-refractivity contribution is 6.12. The SMILES string of the molecule is CCOCn1c(C)nc(C(=O)c2ccccc2)c1C(=O)OCC. The fourth-order valence-electron chi connectivity index (χ4n) is 2.20. The number of hydrogen-bond acceptors (Lipinski definition) is 5. The monoisotopic (exact) mass is 316 g/mol. The number of nitrogens with zero attached hydrogens (tertiary/aromatic N) is 2. The lowest BCUT2D eigenvalue weighted by molar-refractivity contribution is 0.0468. The molecule has 2 rings (SSSR count). The number of imidazole rings is 1. The maximum absolute atomic E-state index is 12.7. The number of carbonyl (C=O) groups is 2. The number of ketones is 1. The number of carbonyl (C=O) groups excluding carboxylic acids is 2. The predicted octanol–water partition coefficient (Wildman–Crippen LogP) is 2.59. The molecule has 0 radical (unpaired) electrons. The number of hydrogen-bond donors (Lipinski definition) is 0. The second-order valence-electron chi connectivity index (χ2n) is 4.82. The average Bonchev–Trinajstić information content (AvgIpc) is 2.89. The van der Waals surface area contributed by atoms with Crippen LogP contribution in [0.2, 0.25) is 0 Å². The van der Waals surface area contributed by atoms with Crippen molar-refractivity contribution in [1.82, 2.24) is 9.55 Å². The lowest BCUT2D eigenvalue weighted by Gasteiger charge is -2.10. The van der Waals surface area contributed by atoms with Gasteiger partial charge >= 0.3 is 5.97 Å². The van der Waals surface area contributed by atoms with E-state index in [-0.39, 0.29) is 30.5 Å². The minimum atomic E-state index is -0.577. The molecule has 0 saturated carbocycles. The van der Waals surface area contributed by atoms with Crippen molar-refractivity contribution in [3.8, 4) is 0 Å². The van der Waals surface area contributed by atoms with Crippen LogP contribution in [-0.2, 0) is 16.2 Å². The van der Waals surface area contributed by atoms with E-state index >= 15 is 0 Å². The molecule has 0 saturated heterocycles. The highest BCUT2D eigenvalue weighted by atomic mass is 16.5. The highest BCUT2D eigenvalue weighted by Crippen LogP contribution is 2.18. The summed E-state index contributed by atoms with van der Waals surface area (Å²) in [5.74, 6) is -0.361. The molecule has 0 unspecified atom stereocenters. The van der Waals surface area contributed by atoms with Crippen molar-refractivity contribution >= 4 is 11.8 Å². The number of aryl methyl sites for hydroxylation is 1. The molecular weight excluding hydrogens is 296 g/mol. The van der Waals surface area contributed by atoms with Gasteiger partial charge in [0.15, 0.2) is 5.69 Å². The summed E-state index contributed by atoms with van der Waals surface area (Å²) < 4.78 is 12.0. The first-order chi connectivity index (χ1) is 11.1. The average molecular weight is 316 g/mol. The van der Waals surface area contributed by atoms with Crippen LogP contribution in [0.25, 0.3) is 0 Å². The van der Waals surface area contributed by atoms with Crippen molar-refractivity contribution in [2.24, 2.45) is 0 Å². The van der Waals surface area contributed by atoms with Gasteiger partial charge in [-0.15, -0.1) is 0 Å². The summed E-state index contributed by atoms with van der Waals surface area (Å²) in [7, 11) is 0. The smallest absolute Gasteiger partial charge is 0.357 e. The van der Waals surface area contributed by atoms with Gasteiger partial charge in [-0.05, 0) is 20.8 Å². The van der Waals surface area contributed by atoms with E-state index in [2.05, 4.69) is 4.98 Å². The first-order valence-electron chi connectivity index (χ1n) is 7.51. The summed E-state index contributed by atoms with van der Waals surface area (Å²) in [5.41, 5.74) is 0.692. The van der Waals surface area contributed by atoms with Crippen LogP contribution in [0.4, 0.5) is 0 Å². The Hall–Kier alpha value is -2.47. The molecular formula is C17H20N2O4. The van der Waals surface area contributed by atoms with Crippen LogP contribution in [0.15, 0.2) is 30.3 Å². The maximum Gasteiger partial charge on any atom is 0.357 e. The lowest BCUT2D eigenvalue weighted by Crippen LogP contribution is -2.18. The molecule has 0 amide bonds. The summed E-state index contributed by atoms with van der Waals surface area (Å²) in [4.78, 5) is 29.3. The lowest BCUT2D eigenvalue weighted by atomic mass is 10.1. The molecule has 6 heteroatoms. The summed E-state index contributed by atoms with van der Waals surface area (Å²) in [5, 5.41) is 0. The number of esters is 1.